The number of nitrogens with zero attached hydrogens (tertiary/aromatic N) is 1. The van der Waals surface area contributed by atoms with Gasteiger partial charge in [-0.2, -0.15) is 0 Å². The first-order valence-electron chi connectivity index (χ1n) is 6.89. The fourth-order valence-electron chi connectivity index (χ4n) is 2.51. The minimum atomic E-state index is -0.252. The van der Waals surface area contributed by atoms with Gasteiger partial charge in [0, 0.05) is 24.3 Å². The van der Waals surface area contributed by atoms with Crippen molar-refractivity contribution in [2.24, 2.45) is 0 Å². The Morgan fingerprint density at radius 1 is 1.43 bits per heavy atom. The molecule has 0 aliphatic carbocycles. The predicted molar refractivity (Wildman–Crippen MR) is 86.4 cm³/mol. The van der Waals surface area contributed by atoms with Crippen molar-refractivity contribution in [1.82, 2.24) is 4.90 Å². The Bertz CT molecular complexity index is 531. The molecule has 0 spiro atoms. The molecule has 1 N–H and O–H groups in total. The number of methoxy groups -OCH3 is 1. The number of phenols is 1. The van der Waals surface area contributed by atoms with Crippen LogP contribution in [-0.2, 0) is 9.53 Å². The summed E-state index contributed by atoms with van der Waals surface area (Å²) < 4.78 is 5.16. The first-order valence-corrected chi connectivity index (χ1v) is 7.88. The number of hydrogen-bond acceptors (Lipinski definition) is 5. The lowest BCUT2D eigenvalue weighted by Crippen LogP contribution is -2.43. The van der Waals surface area contributed by atoms with Gasteiger partial charge >= 0.3 is 0 Å². The van der Waals surface area contributed by atoms with Crippen LogP contribution < -0.4 is 0 Å². The van der Waals surface area contributed by atoms with Crippen LogP contribution >= 0.6 is 11.8 Å². The van der Waals surface area contributed by atoms with E-state index in [-0.39, 0.29) is 6.04 Å². The van der Waals surface area contributed by atoms with Crippen LogP contribution in [0.25, 0.3) is 6.08 Å². The van der Waals surface area contributed by atoms with E-state index in [0.29, 0.717) is 12.5 Å². The van der Waals surface area contributed by atoms with Crippen LogP contribution in [0.15, 0.2) is 17.0 Å². The predicted octanol–water partition coefficient (Wildman–Crippen LogP) is 2.57. The Kier molecular flexibility index (Phi) is 5.45. The van der Waals surface area contributed by atoms with E-state index in [1.165, 1.54) is 0 Å². The number of thioether (sulfide) groups is 1. The minimum Gasteiger partial charge on any atom is -0.507 e. The van der Waals surface area contributed by atoms with Crippen molar-refractivity contribution in [2.45, 2.75) is 19.9 Å². The van der Waals surface area contributed by atoms with Gasteiger partial charge in [-0.15, -0.1) is 11.8 Å². The number of carbonyl (C=O) groups is 1. The lowest BCUT2D eigenvalue weighted by molar-refractivity contribution is -0.112. The van der Waals surface area contributed by atoms with E-state index < -0.39 is 0 Å². The van der Waals surface area contributed by atoms with E-state index in [1.807, 2.05) is 37.0 Å². The molecule has 1 aromatic carbocycles. The Morgan fingerprint density at radius 3 is 2.67 bits per heavy atom. The molecule has 1 fully saturated rings. The standard InChI is InChI=1S/C16H21NO3S/c1-11-6-13(7-12(2)16(11)19)8-15-14(9-18)17(10-20-3)4-5-21-15/h6-9,14,19H,4-5,10H2,1-3H3. The summed E-state index contributed by atoms with van der Waals surface area (Å²) >= 11 is 1.71. The molecule has 5 heteroatoms. The van der Waals surface area contributed by atoms with Crippen LogP contribution in [0.1, 0.15) is 16.7 Å². The summed E-state index contributed by atoms with van der Waals surface area (Å²) in [6.45, 7) is 5.06. The average Bonchev–Trinajstić information content (AvgIpc) is 2.45. The third-order valence-corrected chi connectivity index (χ3v) is 4.66. The van der Waals surface area contributed by atoms with Gasteiger partial charge in [0.15, 0.2) is 0 Å². The second-order valence-electron chi connectivity index (χ2n) is 5.21. The molecule has 0 saturated carbocycles. The summed E-state index contributed by atoms with van der Waals surface area (Å²) in [4.78, 5) is 14.5. The van der Waals surface area contributed by atoms with Crippen molar-refractivity contribution in [3.8, 4) is 5.75 Å². The molecule has 1 aliphatic heterocycles. The maximum atomic E-state index is 11.4. The van der Waals surface area contributed by atoms with Crippen molar-refractivity contribution in [3.05, 3.63) is 33.7 Å². The molecule has 0 amide bonds. The molecular weight excluding hydrogens is 286 g/mol. The SMILES string of the molecule is COCN1CCSC(=Cc2cc(C)c(O)c(C)c2)C1C=O. The Labute approximate surface area is 129 Å². The molecular formula is C16H21NO3S. The first-order chi connectivity index (χ1) is 10.1. The fraction of sp³-hybridized carbons (Fsp3) is 0.438. The Morgan fingerprint density at radius 2 is 2.10 bits per heavy atom. The number of carbonyl (C=O) groups excluding carboxylic acids is 1. The highest BCUT2D eigenvalue weighted by Crippen LogP contribution is 2.31. The van der Waals surface area contributed by atoms with Gasteiger partial charge in [-0.1, -0.05) is 0 Å². The number of aromatic hydroxyl groups is 1. The van der Waals surface area contributed by atoms with Gasteiger partial charge in [0.05, 0.1) is 12.8 Å². The molecule has 4 nitrogen and oxygen atoms in total. The number of aryl methyl sites for hydroxylation is 2. The molecule has 0 bridgehead atoms. The average molecular weight is 307 g/mol. The van der Waals surface area contributed by atoms with Gasteiger partial charge in [-0.05, 0) is 48.7 Å². The zero-order valence-electron chi connectivity index (χ0n) is 12.6. The van der Waals surface area contributed by atoms with Gasteiger partial charge in [0.1, 0.15) is 12.0 Å². The highest BCUT2D eigenvalue weighted by molar-refractivity contribution is 8.03. The fourth-order valence-corrected chi connectivity index (χ4v) is 3.67. The lowest BCUT2D eigenvalue weighted by Gasteiger charge is -2.33. The lowest BCUT2D eigenvalue weighted by atomic mass is 10.0. The highest BCUT2D eigenvalue weighted by Gasteiger charge is 2.26. The number of rotatable bonds is 4. The molecule has 1 heterocycles. The normalized spacial score (nSPS) is 21.7. The zero-order chi connectivity index (χ0) is 15.4. The van der Waals surface area contributed by atoms with Gasteiger partial charge in [0.25, 0.3) is 0 Å². The van der Waals surface area contributed by atoms with Crippen molar-refractivity contribution in [2.75, 3.05) is 26.1 Å². The first kappa shape index (κ1) is 16.1. The van der Waals surface area contributed by atoms with Crippen molar-refractivity contribution in [3.63, 3.8) is 0 Å². The summed E-state index contributed by atoms with van der Waals surface area (Å²) in [6.07, 6.45) is 3.00. The van der Waals surface area contributed by atoms with E-state index in [2.05, 4.69) is 0 Å². The third-order valence-electron chi connectivity index (χ3n) is 3.58. The van der Waals surface area contributed by atoms with Crippen molar-refractivity contribution < 1.29 is 14.6 Å². The summed E-state index contributed by atoms with van der Waals surface area (Å²) in [7, 11) is 1.64. The van der Waals surface area contributed by atoms with E-state index >= 15 is 0 Å². The molecule has 1 aliphatic rings. The third kappa shape index (κ3) is 3.67. The summed E-state index contributed by atoms with van der Waals surface area (Å²) in [5.74, 6) is 1.27. The van der Waals surface area contributed by atoms with Gasteiger partial charge in [-0.3, -0.25) is 4.90 Å². The second-order valence-corrected chi connectivity index (χ2v) is 6.38. The molecule has 1 saturated heterocycles. The molecule has 0 radical (unpaired) electrons. The molecule has 1 unspecified atom stereocenters. The monoisotopic (exact) mass is 307 g/mol. The van der Waals surface area contributed by atoms with Gasteiger partial charge in [-0.25, -0.2) is 0 Å². The minimum absolute atomic E-state index is 0.252. The smallest absolute Gasteiger partial charge is 0.142 e. The highest BCUT2D eigenvalue weighted by atomic mass is 32.2. The van der Waals surface area contributed by atoms with Gasteiger partial charge in [0.2, 0.25) is 0 Å². The largest absolute Gasteiger partial charge is 0.507 e. The van der Waals surface area contributed by atoms with E-state index in [1.54, 1.807) is 18.9 Å². The molecule has 0 aromatic heterocycles. The number of hydrogen-bond donors (Lipinski definition) is 1. The van der Waals surface area contributed by atoms with E-state index in [0.717, 1.165) is 40.2 Å². The maximum absolute atomic E-state index is 11.4. The number of benzene rings is 1. The number of ether oxygens (including phenoxy) is 1. The van der Waals surface area contributed by atoms with Crippen LogP contribution in [0, 0.1) is 13.8 Å². The maximum Gasteiger partial charge on any atom is 0.142 e. The van der Waals surface area contributed by atoms with Crippen molar-refractivity contribution in [1.29, 1.82) is 0 Å². The molecule has 2 rings (SSSR count). The molecule has 1 atom stereocenters. The summed E-state index contributed by atoms with van der Waals surface area (Å²) in [5.41, 5.74) is 2.70. The molecule has 21 heavy (non-hydrogen) atoms. The van der Waals surface area contributed by atoms with Crippen LogP contribution in [0.5, 0.6) is 5.75 Å². The molecule has 1 aromatic rings. The van der Waals surface area contributed by atoms with E-state index in [9.17, 15) is 9.90 Å². The quantitative estimate of drug-likeness (QED) is 0.866. The Balaban J connectivity index is 2.32. The molecule has 114 valence electrons. The zero-order valence-corrected chi connectivity index (χ0v) is 13.4. The van der Waals surface area contributed by atoms with Crippen LogP contribution in [0.2, 0.25) is 0 Å². The summed E-state index contributed by atoms with van der Waals surface area (Å²) in [6, 6.07) is 3.62. The van der Waals surface area contributed by atoms with E-state index in [4.69, 9.17) is 4.74 Å². The second kappa shape index (κ2) is 7.11. The van der Waals surface area contributed by atoms with Crippen molar-refractivity contribution >= 4 is 24.1 Å². The van der Waals surface area contributed by atoms with Crippen LogP contribution in [0.4, 0.5) is 0 Å². The van der Waals surface area contributed by atoms with Gasteiger partial charge < -0.3 is 14.6 Å². The topological polar surface area (TPSA) is 49.8 Å². The Hall–Kier alpha value is -1.30. The number of phenolic OH excluding ortho intramolecular Hbond substituents is 1. The summed E-state index contributed by atoms with van der Waals surface area (Å²) in [5, 5.41) is 9.84. The van der Waals surface area contributed by atoms with Crippen LogP contribution in [0.3, 0.4) is 0 Å². The van der Waals surface area contributed by atoms with Crippen LogP contribution in [-0.4, -0.2) is 48.5 Å². The number of aldehydes is 1.